The number of carbonyl (C=O) groups is 3. The molecule has 0 N–H and O–H groups in total. The Bertz CT molecular complexity index is 1070. The van der Waals surface area contributed by atoms with Crippen LogP contribution in [0.15, 0.2) is 84.9 Å². The van der Waals surface area contributed by atoms with Gasteiger partial charge in [0.2, 0.25) is 0 Å². The number of halogens is 1. The Balaban J connectivity index is 1.75. The van der Waals surface area contributed by atoms with Gasteiger partial charge in [-0.25, -0.2) is 9.59 Å². The first-order valence-electron chi connectivity index (χ1n) is 8.81. The predicted molar refractivity (Wildman–Crippen MR) is 108 cm³/mol. The summed E-state index contributed by atoms with van der Waals surface area (Å²) in [4.78, 5) is 40.7. The molecule has 7 heteroatoms. The molecule has 1 saturated heterocycles. The topological polar surface area (TPSA) is 66.9 Å². The highest BCUT2D eigenvalue weighted by molar-refractivity contribution is 6.35. The number of nitrogens with zero attached hydrogens (tertiary/aromatic N) is 2. The molecular formula is C22H15ClN2O4. The molecule has 1 atom stereocenters. The third-order valence-electron chi connectivity index (χ3n) is 4.47. The van der Waals surface area contributed by atoms with Crippen LogP contribution in [0, 0.1) is 0 Å². The highest BCUT2D eigenvalue weighted by Crippen LogP contribution is 2.39. The van der Waals surface area contributed by atoms with Crippen molar-refractivity contribution in [2.75, 3.05) is 4.90 Å². The predicted octanol–water partition coefficient (Wildman–Crippen LogP) is 5.05. The molecule has 0 aliphatic carbocycles. The molecule has 4 amide bonds. The van der Waals surface area contributed by atoms with Gasteiger partial charge in [-0.05, 0) is 29.8 Å². The number of hydrogen-bond acceptors (Lipinski definition) is 4. The van der Waals surface area contributed by atoms with Crippen LogP contribution in [0.5, 0.6) is 5.75 Å². The molecule has 144 valence electrons. The van der Waals surface area contributed by atoms with E-state index in [1.165, 1.54) is 4.90 Å². The van der Waals surface area contributed by atoms with Crippen LogP contribution in [0.3, 0.4) is 0 Å². The summed E-state index contributed by atoms with van der Waals surface area (Å²) in [6, 6.07) is 21.8. The first kappa shape index (κ1) is 18.7. The highest BCUT2D eigenvalue weighted by atomic mass is 35.5. The monoisotopic (exact) mass is 406 g/mol. The number of para-hydroxylation sites is 2. The van der Waals surface area contributed by atoms with Gasteiger partial charge in [0.15, 0.2) is 0 Å². The number of urea groups is 1. The molecule has 0 bridgehead atoms. The fraction of sp³-hybridized carbons (Fsp3) is 0.0455. The smallest absolute Gasteiger partial charge is 0.410 e. The summed E-state index contributed by atoms with van der Waals surface area (Å²) >= 11 is 6.29. The summed E-state index contributed by atoms with van der Waals surface area (Å²) < 4.78 is 5.22. The second-order valence-corrected chi connectivity index (χ2v) is 6.68. The van der Waals surface area contributed by atoms with Crippen LogP contribution in [0.1, 0.15) is 11.6 Å². The second kappa shape index (κ2) is 7.77. The number of amides is 4. The third-order valence-corrected chi connectivity index (χ3v) is 4.79. The minimum Gasteiger partial charge on any atom is -0.410 e. The van der Waals surface area contributed by atoms with Crippen molar-refractivity contribution in [1.82, 2.24) is 4.90 Å². The van der Waals surface area contributed by atoms with Gasteiger partial charge in [-0.2, -0.15) is 4.90 Å². The first-order chi connectivity index (χ1) is 14.1. The van der Waals surface area contributed by atoms with E-state index in [0.717, 1.165) is 0 Å². The maximum atomic E-state index is 13.2. The molecule has 4 rings (SSSR count). The van der Waals surface area contributed by atoms with Gasteiger partial charge in [0.1, 0.15) is 11.8 Å². The van der Waals surface area contributed by atoms with Crippen LogP contribution in [0.2, 0.25) is 5.02 Å². The number of rotatable bonds is 3. The number of imide groups is 3. The van der Waals surface area contributed by atoms with Gasteiger partial charge in [0.05, 0.1) is 10.7 Å². The van der Waals surface area contributed by atoms with Crippen molar-refractivity contribution in [3.8, 4) is 5.75 Å². The van der Waals surface area contributed by atoms with E-state index in [4.69, 9.17) is 16.3 Å². The molecule has 29 heavy (non-hydrogen) atoms. The van der Waals surface area contributed by atoms with Gasteiger partial charge in [-0.15, -0.1) is 0 Å². The summed E-state index contributed by atoms with van der Waals surface area (Å²) in [5.41, 5.74) is 0.886. The molecule has 0 saturated carbocycles. The van der Waals surface area contributed by atoms with Gasteiger partial charge in [0, 0.05) is 0 Å². The third kappa shape index (κ3) is 3.46. The zero-order chi connectivity index (χ0) is 20.4. The Kier molecular flexibility index (Phi) is 5.01. The van der Waals surface area contributed by atoms with E-state index >= 15 is 0 Å². The van der Waals surface area contributed by atoms with E-state index in [1.54, 1.807) is 84.9 Å². The fourth-order valence-electron chi connectivity index (χ4n) is 3.16. The van der Waals surface area contributed by atoms with Crippen LogP contribution >= 0.6 is 11.6 Å². The van der Waals surface area contributed by atoms with Gasteiger partial charge in [-0.1, -0.05) is 72.3 Å². The number of carbonyl (C=O) groups excluding carboxylic acids is 3. The zero-order valence-corrected chi connectivity index (χ0v) is 15.8. The number of benzene rings is 3. The van der Waals surface area contributed by atoms with E-state index in [9.17, 15) is 14.4 Å². The van der Waals surface area contributed by atoms with Gasteiger partial charge in [0.25, 0.3) is 5.91 Å². The fourth-order valence-corrected chi connectivity index (χ4v) is 3.39. The lowest BCUT2D eigenvalue weighted by atomic mass is 10.1. The minimum atomic E-state index is -1.07. The molecule has 1 heterocycles. The van der Waals surface area contributed by atoms with E-state index < -0.39 is 24.1 Å². The Labute approximate surface area is 171 Å². The van der Waals surface area contributed by atoms with Crippen molar-refractivity contribution in [2.24, 2.45) is 0 Å². The Morgan fingerprint density at radius 3 is 2.07 bits per heavy atom. The molecule has 0 spiro atoms. The average Bonchev–Trinajstić information content (AvgIpc) is 3.00. The molecule has 3 aromatic carbocycles. The van der Waals surface area contributed by atoms with Crippen molar-refractivity contribution < 1.29 is 19.1 Å². The summed E-state index contributed by atoms with van der Waals surface area (Å²) in [7, 11) is 0. The van der Waals surface area contributed by atoms with Crippen molar-refractivity contribution >= 4 is 35.3 Å². The maximum Gasteiger partial charge on any atom is 0.430 e. The minimum absolute atomic E-state index is 0.227. The molecule has 6 nitrogen and oxygen atoms in total. The first-order valence-corrected chi connectivity index (χ1v) is 9.19. The van der Waals surface area contributed by atoms with Gasteiger partial charge >= 0.3 is 12.1 Å². The van der Waals surface area contributed by atoms with Crippen molar-refractivity contribution in [3.05, 3.63) is 95.5 Å². The molecule has 0 aromatic heterocycles. The number of anilines is 1. The molecule has 3 aromatic rings. The number of hydrogen-bond donors (Lipinski definition) is 0. The molecule has 0 radical (unpaired) electrons. The van der Waals surface area contributed by atoms with Crippen molar-refractivity contribution in [3.63, 3.8) is 0 Å². The van der Waals surface area contributed by atoms with Crippen LogP contribution in [0.4, 0.5) is 15.3 Å². The van der Waals surface area contributed by atoms with Crippen LogP contribution in [0.25, 0.3) is 0 Å². The van der Waals surface area contributed by atoms with Crippen molar-refractivity contribution in [1.29, 1.82) is 0 Å². The lowest BCUT2D eigenvalue weighted by Gasteiger charge is -2.23. The number of ether oxygens (including phenoxy) is 1. The van der Waals surface area contributed by atoms with Gasteiger partial charge < -0.3 is 4.74 Å². The molecule has 1 fully saturated rings. The van der Waals surface area contributed by atoms with Crippen LogP contribution in [-0.2, 0) is 4.79 Å². The quantitative estimate of drug-likeness (QED) is 0.571. The van der Waals surface area contributed by atoms with E-state index in [2.05, 4.69) is 0 Å². The maximum absolute atomic E-state index is 13.2. The van der Waals surface area contributed by atoms with Crippen LogP contribution in [-0.4, -0.2) is 22.9 Å². The van der Waals surface area contributed by atoms with E-state index in [0.29, 0.717) is 16.2 Å². The standard InChI is InChI=1S/C22H15ClN2O4/c23-17-13-7-8-14-18(17)24-19(15-9-3-1-4-10-15)20(26)25(21(24)27)22(28)29-16-11-5-2-6-12-16/h1-14,19H. The largest absolute Gasteiger partial charge is 0.430 e. The molecular weight excluding hydrogens is 392 g/mol. The normalized spacial score (nSPS) is 16.2. The molecule has 1 unspecified atom stereocenters. The zero-order valence-electron chi connectivity index (χ0n) is 15.1. The average molecular weight is 407 g/mol. The SMILES string of the molecule is O=C(Oc1ccccc1)N1C(=O)C(c2ccccc2)N(c2ccccc2Cl)C1=O. The summed E-state index contributed by atoms with van der Waals surface area (Å²) in [6.45, 7) is 0. The molecule has 1 aliphatic heterocycles. The Morgan fingerprint density at radius 2 is 1.41 bits per heavy atom. The second-order valence-electron chi connectivity index (χ2n) is 6.27. The molecule has 1 aliphatic rings. The lowest BCUT2D eigenvalue weighted by molar-refractivity contribution is -0.125. The summed E-state index contributed by atoms with van der Waals surface area (Å²) in [5, 5.41) is 0.285. The van der Waals surface area contributed by atoms with Crippen LogP contribution < -0.4 is 9.64 Å². The van der Waals surface area contributed by atoms with E-state index in [1.807, 2.05) is 0 Å². The Hall–Kier alpha value is -3.64. The summed E-state index contributed by atoms with van der Waals surface area (Å²) in [6.07, 6.45) is -1.07. The summed E-state index contributed by atoms with van der Waals surface area (Å²) in [5.74, 6) is -0.479. The van der Waals surface area contributed by atoms with Gasteiger partial charge in [-0.3, -0.25) is 9.69 Å². The lowest BCUT2D eigenvalue weighted by Crippen LogP contribution is -2.40. The highest BCUT2D eigenvalue weighted by Gasteiger charge is 2.51. The van der Waals surface area contributed by atoms with E-state index in [-0.39, 0.29) is 10.8 Å². The Morgan fingerprint density at radius 1 is 0.828 bits per heavy atom. The van der Waals surface area contributed by atoms with Crippen molar-refractivity contribution in [2.45, 2.75) is 6.04 Å².